The van der Waals surface area contributed by atoms with E-state index in [0.29, 0.717) is 11.8 Å². The molecule has 3 aliphatic heterocycles. The van der Waals surface area contributed by atoms with Crippen LogP contribution in [0.2, 0.25) is 0 Å². The highest BCUT2D eigenvalue weighted by Crippen LogP contribution is 2.48. The molecule has 3 fully saturated rings. The summed E-state index contributed by atoms with van der Waals surface area (Å²) in [6.07, 6.45) is 5.52. The molecule has 1 aromatic carbocycles. The van der Waals surface area contributed by atoms with Gasteiger partial charge in [-0.05, 0) is 68.0 Å². The van der Waals surface area contributed by atoms with E-state index >= 15 is 0 Å². The van der Waals surface area contributed by atoms with Crippen molar-refractivity contribution < 1.29 is 9.84 Å². The predicted octanol–water partition coefficient (Wildman–Crippen LogP) is 3.56. The van der Waals surface area contributed by atoms with Gasteiger partial charge in [-0.15, -0.1) is 6.58 Å². The normalized spacial score (nSPS) is 32.5. The summed E-state index contributed by atoms with van der Waals surface area (Å²) in [6.45, 7) is 8.25. The zero-order chi connectivity index (χ0) is 17.6. The van der Waals surface area contributed by atoms with E-state index in [1.807, 2.05) is 24.3 Å². The summed E-state index contributed by atoms with van der Waals surface area (Å²) in [7, 11) is 1.66. The van der Waals surface area contributed by atoms with E-state index < -0.39 is 6.10 Å². The molecule has 0 spiro atoms. The van der Waals surface area contributed by atoms with Gasteiger partial charge in [0.2, 0.25) is 0 Å². The first kappa shape index (κ1) is 16.6. The van der Waals surface area contributed by atoms with E-state index in [0.717, 1.165) is 41.7 Å². The molecular weight excluding hydrogens is 312 g/mol. The number of piperidine rings is 3. The summed E-state index contributed by atoms with van der Waals surface area (Å²) < 4.78 is 5.37. The number of fused-ring (bicyclic) bond motifs is 4. The fourth-order valence-electron chi connectivity index (χ4n) is 4.81. The summed E-state index contributed by atoms with van der Waals surface area (Å²) in [5, 5.41) is 12.4. The third-order valence-corrected chi connectivity index (χ3v) is 6.37. The maximum Gasteiger partial charge on any atom is 0.119 e. The van der Waals surface area contributed by atoms with E-state index in [4.69, 9.17) is 4.74 Å². The lowest BCUT2D eigenvalue weighted by Crippen LogP contribution is -2.62. The molecule has 0 radical (unpaired) electrons. The maximum atomic E-state index is 11.4. The Morgan fingerprint density at radius 3 is 2.96 bits per heavy atom. The van der Waals surface area contributed by atoms with Gasteiger partial charge in [-0.25, -0.2) is 0 Å². The molecule has 4 heterocycles. The largest absolute Gasteiger partial charge is 0.497 e. The molecule has 3 saturated heterocycles. The lowest BCUT2D eigenvalue weighted by atomic mass is 9.67. The van der Waals surface area contributed by atoms with Crippen LogP contribution in [-0.4, -0.2) is 40.7 Å². The van der Waals surface area contributed by atoms with Gasteiger partial charge < -0.3 is 9.84 Å². The first-order valence-corrected chi connectivity index (χ1v) is 9.05. The van der Waals surface area contributed by atoms with Crippen molar-refractivity contribution in [2.45, 2.75) is 31.4 Å². The van der Waals surface area contributed by atoms with E-state index in [9.17, 15) is 5.11 Å². The monoisotopic (exact) mass is 338 g/mol. The predicted molar refractivity (Wildman–Crippen MR) is 99.6 cm³/mol. The summed E-state index contributed by atoms with van der Waals surface area (Å²) in [4.78, 5) is 6.90. The molecule has 4 heteroatoms. The van der Waals surface area contributed by atoms with Gasteiger partial charge in [-0.3, -0.25) is 9.88 Å². The molecular formula is C21H26N2O2. The van der Waals surface area contributed by atoms with Gasteiger partial charge in [0.1, 0.15) is 5.75 Å². The lowest BCUT2D eigenvalue weighted by Gasteiger charge is -2.57. The lowest BCUT2D eigenvalue weighted by molar-refractivity contribution is -0.107. The molecule has 2 aromatic rings. The van der Waals surface area contributed by atoms with Gasteiger partial charge in [0.15, 0.2) is 0 Å². The summed E-state index contributed by atoms with van der Waals surface area (Å²) in [5.41, 5.74) is 1.58. The molecule has 2 bridgehead atoms. The fraction of sp³-hybridized carbons (Fsp3) is 0.476. The van der Waals surface area contributed by atoms with Crippen molar-refractivity contribution in [1.29, 1.82) is 0 Å². The summed E-state index contributed by atoms with van der Waals surface area (Å²) in [6, 6.07) is 7.79. The Balaban J connectivity index is 1.75. The number of aromatic nitrogens is 1. The molecule has 0 saturated carbocycles. The molecule has 4 unspecified atom stereocenters. The highest BCUT2D eigenvalue weighted by molar-refractivity contribution is 5.84. The van der Waals surface area contributed by atoms with Crippen LogP contribution in [0.3, 0.4) is 0 Å². The minimum Gasteiger partial charge on any atom is -0.497 e. The van der Waals surface area contributed by atoms with Crippen LogP contribution in [0, 0.1) is 11.8 Å². The van der Waals surface area contributed by atoms with E-state index in [-0.39, 0.29) is 5.54 Å². The van der Waals surface area contributed by atoms with Crippen molar-refractivity contribution in [3.05, 3.63) is 48.7 Å². The molecule has 0 aliphatic carbocycles. The second-order valence-electron chi connectivity index (χ2n) is 7.64. The molecule has 3 aliphatic rings. The number of aliphatic hydroxyl groups excluding tert-OH is 1. The van der Waals surface area contributed by atoms with Crippen LogP contribution < -0.4 is 4.74 Å². The van der Waals surface area contributed by atoms with Crippen molar-refractivity contribution in [3.63, 3.8) is 0 Å². The number of ether oxygens (including phenoxy) is 1. The van der Waals surface area contributed by atoms with Gasteiger partial charge in [0, 0.05) is 23.7 Å². The second kappa shape index (κ2) is 6.11. The van der Waals surface area contributed by atoms with Crippen LogP contribution >= 0.6 is 0 Å². The first-order chi connectivity index (χ1) is 12.1. The Bertz CT molecular complexity index is 806. The average Bonchev–Trinajstić information content (AvgIpc) is 2.66. The first-order valence-electron chi connectivity index (χ1n) is 9.05. The summed E-state index contributed by atoms with van der Waals surface area (Å²) >= 11 is 0. The highest BCUT2D eigenvalue weighted by Gasteiger charge is 2.50. The molecule has 0 amide bonds. The molecule has 4 nitrogen and oxygen atoms in total. The number of benzene rings is 1. The van der Waals surface area contributed by atoms with Crippen LogP contribution in [0.4, 0.5) is 0 Å². The van der Waals surface area contributed by atoms with E-state index in [1.165, 1.54) is 6.42 Å². The van der Waals surface area contributed by atoms with E-state index in [2.05, 4.69) is 29.5 Å². The third kappa shape index (κ3) is 2.55. The number of aliphatic hydroxyl groups is 1. The van der Waals surface area contributed by atoms with Crippen LogP contribution in [0.25, 0.3) is 10.9 Å². The molecule has 5 atom stereocenters. The Kier molecular flexibility index (Phi) is 4.05. The molecule has 1 N–H and O–H groups in total. The number of methoxy groups -OCH3 is 1. The number of nitrogens with zero attached hydrogens (tertiary/aromatic N) is 2. The second-order valence-corrected chi connectivity index (χ2v) is 7.64. The smallest absolute Gasteiger partial charge is 0.119 e. The quantitative estimate of drug-likeness (QED) is 0.866. The van der Waals surface area contributed by atoms with Crippen LogP contribution in [-0.2, 0) is 0 Å². The SMILES string of the molecule is C=CC1CN2CCC1CC2(C)[C@@H](O)c1ccnc2ccc(OC)cc12. The molecule has 1 aromatic heterocycles. The van der Waals surface area contributed by atoms with Gasteiger partial charge in [-0.1, -0.05) is 6.08 Å². The Morgan fingerprint density at radius 2 is 2.28 bits per heavy atom. The molecule has 132 valence electrons. The molecule has 5 rings (SSSR count). The van der Waals surface area contributed by atoms with Crippen molar-refractivity contribution in [2.75, 3.05) is 20.2 Å². The van der Waals surface area contributed by atoms with Gasteiger partial charge in [0.05, 0.1) is 18.7 Å². The van der Waals surface area contributed by atoms with E-state index in [1.54, 1.807) is 13.3 Å². The topological polar surface area (TPSA) is 45.6 Å². The van der Waals surface area contributed by atoms with Gasteiger partial charge in [0.25, 0.3) is 0 Å². The Morgan fingerprint density at radius 1 is 1.44 bits per heavy atom. The third-order valence-electron chi connectivity index (χ3n) is 6.37. The van der Waals surface area contributed by atoms with Crippen LogP contribution in [0.1, 0.15) is 31.4 Å². The Labute approximate surface area is 149 Å². The van der Waals surface area contributed by atoms with Crippen molar-refractivity contribution in [3.8, 4) is 5.75 Å². The minimum atomic E-state index is -0.557. The van der Waals surface area contributed by atoms with Crippen LogP contribution in [0.15, 0.2) is 43.1 Å². The van der Waals surface area contributed by atoms with Crippen LogP contribution in [0.5, 0.6) is 5.75 Å². The van der Waals surface area contributed by atoms with Gasteiger partial charge in [-0.2, -0.15) is 0 Å². The Hall–Kier alpha value is -1.91. The fourth-order valence-corrected chi connectivity index (χ4v) is 4.81. The van der Waals surface area contributed by atoms with Crippen molar-refractivity contribution in [2.24, 2.45) is 11.8 Å². The number of hydrogen-bond donors (Lipinski definition) is 1. The van der Waals surface area contributed by atoms with Gasteiger partial charge >= 0.3 is 0 Å². The standard InChI is InChI=1S/C21H26N2O2/c1-4-14-13-23-10-8-15(14)12-21(23,2)20(24)17-7-9-22-19-6-5-16(25-3)11-18(17)19/h4-7,9,11,14-15,20,24H,1,8,10,12-13H2,2-3H3/t14?,15?,20-,21?/m0/s1. The zero-order valence-corrected chi connectivity index (χ0v) is 15.0. The average molecular weight is 338 g/mol. The minimum absolute atomic E-state index is 0.250. The molecule has 25 heavy (non-hydrogen) atoms. The number of rotatable bonds is 4. The van der Waals surface area contributed by atoms with Crippen molar-refractivity contribution >= 4 is 10.9 Å². The number of pyridine rings is 1. The highest BCUT2D eigenvalue weighted by atomic mass is 16.5. The maximum absolute atomic E-state index is 11.4. The summed E-state index contributed by atoms with van der Waals surface area (Å²) in [5.74, 6) is 1.95. The van der Waals surface area contributed by atoms with Crippen molar-refractivity contribution in [1.82, 2.24) is 9.88 Å². The number of hydrogen-bond acceptors (Lipinski definition) is 4. The zero-order valence-electron chi connectivity index (χ0n) is 15.0.